The van der Waals surface area contributed by atoms with Crippen molar-refractivity contribution in [2.45, 2.75) is 45.4 Å². The number of hydrazone groups is 1. The predicted octanol–water partition coefficient (Wildman–Crippen LogP) is 4.85. The molecule has 0 saturated carbocycles. The molecule has 0 aliphatic heterocycles. The highest BCUT2D eigenvalue weighted by Gasteiger charge is 2.23. The van der Waals surface area contributed by atoms with Crippen LogP contribution in [0, 0.1) is 29.9 Å². The first kappa shape index (κ1) is 22.4. The summed E-state index contributed by atoms with van der Waals surface area (Å²) in [5, 5.41) is 15.3. The van der Waals surface area contributed by atoms with E-state index in [1.54, 1.807) is 25.3 Å². The average Bonchev–Trinajstić information content (AvgIpc) is 2.67. The Hall–Kier alpha value is -2.94. The first-order valence-electron chi connectivity index (χ1n) is 9.35. The second-order valence-corrected chi connectivity index (χ2v) is 8.48. The molecule has 0 aliphatic rings. The molecule has 0 amide bonds. The Balaban J connectivity index is 2.43. The monoisotopic (exact) mass is 418 g/mol. The number of hydrogen-bond donors (Lipinski definition) is 2. The summed E-state index contributed by atoms with van der Waals surface area (Å²) in [5.41, 5.74) is 4.72. The fourth-order valence-corrected chi connectivity index (χ4v) is 4.09. The first-order chi connectivity index (χ1) is 13.7. The summed E-state index contributed by atoms with van der Waals surface area (Å²) >= 11 is 0. The van der Waals surface area contributed by atoms with Crippen molar-refractivity contribution < 1.29 is 13.3 Å². The first-order valence-corrected chi connectivity index (χ1v) is 10.8. The number of hydrogen-bond acceptors (Lipinski definition) is 6. The average molecular weight is 419 g/mol. The molecule has 0 aliphatic carbocycles. The van der Waals surface area contributed by atoms with Crippen LogP contribution in [-0.4, -0.2) is 19.6 Å². The highest BCUT2D eigenvalue weighted by molar-refractivity contribution is 7.92. The van der Waals surface area contributed by atoms with Crippen molar-refractivity contribution in [2.75, 3.05) is 10.1 Å². The summed E-state index contributed by atoms with van der Waals surface area (Å²) in [4.78, 5) is 10.3. The Kier molecular flexibility index (Phi) is 7.33. The predicted molar refractivity (Wildman–Crippen MR) is 116 cm³/mol. The van der Waals surface area contributed by atoms with Crippen LogP contribution in [0.4, 0.5) is 17.1 Å². The minimum Gasteiger partial charge on any atom is -0.279 e. The Morgan fingerprint density at radius 3 is 2.34 bits per heavy atom. The highest BCUT2D eigenvalue weighted by Crippen LogP contribution is 2.29. The van der Waals surface area contributed by atoms with Gasteiger partial charge in [-0.3, -0.25) is 20.3 Å². The van der Waals surface area contributed by atoms with E-state index in [1.807, 2.05) is 26.8 Å². The number of aryl methyl sites for hydroxylation is 2. The summed E-state index contributed by atoms with van der Waals surface area (Å²) < 4.78 is 28.6. The number of benzene rings is 2. The third-order valence-corrected chi connectivity index (χ3v) is 6.02. The Labute approximate surface area is 171 Å². The largest absolute Gasteiger partial charge is 0.279 e. The fraction of sp³-hybridized carbons (Fsp3) is 0.350. The zero-order valence-corrected chi connectivity index (χ0v) is 17.8. The zero-order valence-electron chi connectivity index (χ0n) is 17.0. The van der Waals surface area contributed by atoms with Gasteiger partial charge in [0.05, 0.1) is 16.3 Å². The summed E-state index contributed by atoms with van der Waals surface area (Å²) in [5.74, 6) is 0.258. The van der Waals surface area contributed by atoms with Crippen LogP contribution >= 0.6 is 0 Å². The van der Waals surface area contributed by atoms with E-state index in [-0.39, 0.29) is 22.2 Å². The molecular formula is C20H26N4O4S. The topological polar surface area (TPSA) is 114 Å². The van der Waals surface area contributed by atoms with E-state index >= 15 is 0 Å². The number of non-ortho nitro benzene ring substituents is 1. The maximum atomic E-state index is 13.0. The zero-order chi connectivity index (χ0) is 21.6. The van der Waals surface area contributed by atoms with Gasteiger partial charge in [-0.2, -0.15) is 5.10 Å². The second kappa shape index (κ2) is 9.51. The minimum atomic E-state index is -4.09. The molecule has 0 fully saturated rings. The fourth-order valence-electron chi connectivity index (χ4n) is 2.78. The Morgan fingerprint density at radius 2 is 1.76 bits per heavy atom. The summed E-state index contributed by atoms with van der Waals surface area (Å²) in [6.07, 6.45) is 3.53. The lowest BCUT2D eigenvalue weighted by molar-refractivity contribution is -0.385. The lowest BCUT2D eigenvalue weighted by atomic mass is 10.1. The number of nitrogens with zero attached hydrogens (tertiary/aromatic N) is 2. The van der Waals surface area contributed by atoms with Gasteiger partial charge in [-0.15, -0.1) is 0 Å². The van der Waals surface area contributed by atoms with Crippen molar-refractivity contribution in [3.8, 4) is 0 Å². The Morgan fingerprint density at radius 1 is 1.10 bits per heavy atom. The van der Waals surface area contributed by atoms with E-state index in [0.29, 0.717) is 5.69 Å². The molecule has 0 saturated heterocycles. The quantitative estimate of drug-likeness (QED) is 0.343. The molecule has 0 radical (unpaired) electrons. The molecule has 29 heavy (non-hydrogen) atoms. The number of nitro benzene ring substituents is 1. The third kappa shape index (κ3) is 5.77. The molecule has 8 nitrogen and oxygen atoms in total. The van der Waals surface area contributed by atoms with E-state index in [1.165, 1.54) is 12.1 Å². The van der Waals surface area contributed by atoms with E-state index < -0.39 is 14.9 Å². The maximum absolute atomic E-state index is 13.0. The van der Waals surface area contributed by atoms with Crippen LogP contribution in [0.25, 0.3) is 0 Å². The van der Waals surface area contributed by atoms with Crippen molar-refractivity contribution >= 4 is 33.3 Å². The standard InChI is InChI=1S/C20H26N4O4S/c1-5-16(6-2)13-21-22-19-10-8-17(24(25)26)12-20(19)29(27,28)23-18-9-7-14(3)11-15(18)4/h7-13,16,22-23H,5-6H2,1-4H3/b21-13+. The maximum Gasteiger partial charge on any atom is 0.270 e. The van der Waals surface area contributed by atoms with Crippen LogP contribution in [0.1, 0.15) is 37.8 Å². The molecule has 2 aromatic carbocycles. The second-order valence-electron chi connectivity index (χ2n) is 6.83. The van der Waals surface area contributed by atoms with E-state index in [4.69, 9.17) is 0 Å². The number of nitrogens with one attached hydrogen (secondary N) is 2. The molecule has 0 unspecified atom stereocenters. The van der Waals surface area contributed by atoms with Gasteiger partial charge in [-0.05, 0) is 50.3 Å². The van der Waals surface area contributed by atoms with Gasteiger partial charge in [0.15, 0.2) is 0 Å². The van der Waals surface area contributed by atoms with Gasteiger partial charge in [0.2, 0.25) is 0 Å². The van der Waals surface area contributed by atoms with Gasteiger partial charge >= 0.3 is 0 Å². The molecular weight excluding hydrogens is 392 g/mol. The number of rotatable bonds is 9. The van der Waals surface area contributed by atoms with Crippen molar-refractivity contribution in [1.29, 1.82) is 0 Å². The molecule has 0 bridgehead atoms. The molecule has 9 heteroatoms. The minimum absolute atomic E-state index is 0.162. The summed E-state index contributed by atoms with van der Waals surface area (Å²) in [6, 6.07) is 8.92. The van der Waals surface area contributed by atoms with Gasteiger partial charge in [0.1, 0.15) is 4.90 Å². The van der Waals surface area contributed by atoms with Gasteiger partial charge < -0.3 is 0 Å². The van der Waals surface area contributed by atoms with Crippen LogP contribution in [-0.2, 0) is 10.0 Å². The lowest BCUT2D eigenvalue weighted by Gasteiger charge is -2.14. The van der Waals surface area contributed by atoms with Gasteiger partial charge in [0, 0.05) is 18.3 Å². The lowest BCUT2D eigenvalue weighted by Crippen LogP contribution is -2.16. The molecule has 2 rings (SSSR count). The van der Waals surface area contributed by atoms with E-state index in [0.717, 1.165) is 30.0 Å². The molecule has 2 N–H and O–H groups in total. The number of nitro groups is 1. The molecule has 156 valence electrons. The van der Waals surface area contributed by atoms with Crippen molar-refractivity contribution in [3.05, 3.63) is 57.6 Å². The third-order valence-electron chi connectivity index (χ3n) is 4.61. The molecule has 0 atom stereocenters. The van der Waals surface area contributed by atoms with Crippen molar-refractivity contribution in [2.24, 2.45) is 11.0 Å². The molecule has 0 spiro atoms. The number of sulfonamides is 1. The highest BCUT2D eigenvalue weighted by atomic mass is 32.2. The van der Waals surface area contributed by atoms with Crippen LogP contribution < -0.4 is 10.1 Å². The number of anilines is 2. The van der Waals surface area contributed by atoms with Gasteiger partial charge in [-0.1, -0.05) is 31.5 Å². The molecule has 0 heterocycles. The van der Waals surface area contributed by atoms with Crippen molar-refractivity contribution in [3.63, 3.8) is 0 Å². The van der Waals surface area contributed by atoms with E-state index in [9.17, 15) is 18.5 Å². The van der Waals surface area contributed by atoms with Crippen LogP contribution in [0.15, 0.2) is 46.4 Å². The summed E-state index contributed by atoms with van der Waals surface area (Å²) in [7, 11) is -4.09. The van der Waals surface area contributed by atoms with Gasteiger partial charge in [0.25, 0.3) is 15.7 Å². The normalized spacial score (nSPS) is 11.8. The van der Waals surface area contributed by atoms with E-state index in [2.05, 4.69) is 15.2 Å². The van der Waals surface area contributed by atoms with Crippen LogP contribution in [0.5, 0.6) is 0 Å². The summed E-state index contributed by atoms with van der Waals surface area (Å²) in [6.45, 7) is 7.77. The SMILES string of the molecule is CCC(/C=N/Nc1ccc([N+](=O)[O-])cc1S(=O)(=O)Nc1ccc(C)cc1C)CC. The van der Waals surface area contributed by atoms with Gasteiger partial charge in [-0.25, -0.2) is 8.42 Å². The van der Waals surface area contributed by atoms with Crippen molar-refractivity contribution in [1.82, 2.24) is 0 Å². The van der Waals surface area contributed by atoms with Crippen LogP contribution in [0.2, 0.25) is 0 Å². The Bertz CT molecular complexity index is 1020. The smallest absolute Gasteiger partial charge is 0.270 e. The molecule has 2 aromatic rings. The van der Waals surface area contributed by atoms with Crippen LogP contribution in [0.3, 0.4) is 0 Å². The molecule has 0 aromatic heterocycles.